The van der Waals surface area contributed by atoms with Crippen molar-refractivity contribution in [2.24, 2.45) is 0 Å². The minimum Gasteiger partial charge on any atom is -0.493 e. The highest BCUT2D eigenvalue weighted by Gasteiger charge is 2.16. The summed E-state index contributed by atoms with van der Waals surface area (Å²) in [6.07, 6.45) is 1.13. The first-order valence-electron chi connectivity index (χ1n) is 10.2. The van der Waals surface area contributed by atoms with Crippen molar-refractivity contribution in [3.8, 4) is 17.2 Å². The number of hydrogen-bond acceptors (Lipinski definition) is 4. The SMILES string of the molecule is CCOc1ccc(CCCNC(=O)[C@H](C)Oc2cc(C)cc(C)c2C)cc1OC. The number of carbonyl (C=O) groups excluding carboxylic acids is 1. The van der Waals surface area contributed by atoms with Gasteiger partial charge in [0.25, 0.3) is 5.91 Å². The quantitative estimate of drug-likeness (QED) is 0.596. The molecule has 0 bridgehead atoms. The van der Waals surface area contributed by atoms with Gasteiger partial charge < -0.3 is 19.5 Å². The second kappa shape index (κ2) is 10.7. The molecule has 0 radical (unpaired) electrons. The second-order valence-corrected chi connectivity index (χ2v) is 7.28. The molecule has 5 heteroatoms. The van der Waals surface area contributed by atoms with Crippen LogP contribution in [0.5, 0.6) is 17.2 Å². The smallest absolute Gasteiger partial charge is 0.260 e. The molecular weight excluding hydrogens is 366 g/mol. The van der Waals surface area contributed by atoms with E-state index in [0.717, 1.165) is 46.8 Å². The van der Waals surface area contributed by atoms with E-state index in [-0.39, 0.29) is 5.91 Å². The maximum Gasteiger partial charge on any atom is 0.260 e. The molecule has 5 nitrogen and oxygen atoms in total. The molecule has 0 aliphatic rings. The second-order valence-electron chi connectivity index (χ2n) is 7.28. The summed E-state index contributed by atoms with van der Waals surface area (Å²) in [5.41, 5.74) is 4.51. The van der Waals surface area contributed by atoms with E-state index in [4.69, 9.17) is 14.2 Å². The number of amides is 1. The van der Waals surface area contributed by atoms with Crippen LogP contribution in [-0.4, -0.2) is 32.3 Å². The van der Waals surface area contributed by atoms with Gasteiger partial charge in [-0.2, -0.15) is 0 Å². The van der Waals surface area contributed by atoms with Crippen molar-refractivity contribution in [3.05, 3.63) is 52.6 Å². The Labute approximate surface area is 174 Å². The van der Waals surface area contributed by atoms with Crippen molar-refractivity contribution >= 4 is 5.91 Å². The Balaban J connectivity index is 1.82. The van der Waals surface area contributed by atoms with E-state index in [1.165, 1.54) is 5.56 Å². The number of benzene rings is 2. The normalized spacial score (nSPS) is 11.7. The van der Waals surface area contributed by atoms with E-state index in [9.17, 15) is 4.79 Å². The summed E-state index contributed by atoms with van der Waals surface area (Å²) in [6.45, 7) is 11.0. The van der Waals surface area contributed by atoms with E-state index in [0.29, 0.717) is 13.2 Å². The average Bonchev–Trinajstić information content (AvgIpc) is 2.69. The lowest BCUT2D eigenvalue weighted by molar-refractivity contribution is -0.127. The van der Waals surface area contributed by atoms with Gasteiger partial charge in [0.2, 0.25) is 0 Å². The van der Waals surface area contributed by atoms with Crippen molar-refractivity contribution in [3.63, 3.8) is 0 Å². The Morgan fingerprint density at radius 1 is 1.07 bits per heavy atom. The molecule has 2 rings (SSSR count). The predicted octanol–water partition coefficient (Wildman–Crippen LogP) is 4.54. The van der Waals surface area contributed by atoms with Gasteiger partial charge in [0.15, 0.2) is 17.6 Å². The molecule has 0 spiro atoms. The minimum atomic E-state index is -0.541. The average molecular weight is 400 g/mol. The fourth-order valence-corrected chi connectivity index (χ4v) is 3.16. The zero-order valence-electron chi connectivity index (χ0n) is 18.4. The first-order chi connectivity index (χ1) is 13.8. The van der Waals surface area contributed by atoms with Crippen molar-refractivity contribution in [1.82, 2.24) is 5.32 Å². The molecule has 158 valence electrons. The van der Waals surface area contributed by atoms with Gasteiger partial charge in [-0.15, -0.1) is 0 Å². The Morgan fingerprint density at radius 2 is 1.83 bits per heavy atom. The van der Waals surface area contributed by atoms with Gasteiger partial charge in [0, 0.05) is 6.54 Å². The molecule has 2 aromatic rings. The van der Waals surface area contributed by atoms with Crippen LogP contribution in [0.15, 0.2) is 30.3 Å². The molecule has 1 amide bonds. The molecule has 0 fully saturated rings. The number of rotatable bonds is 10. The summed E-state index contributed by atoms with van der Waals surface area (Å²) in [7, 11) is 1.64. The highest BCUT2D eigenvalue weighted by Crippen LogP contribution is 2.28. The van der Waals surface area contributed by atoms with Crippen LogP contribution >= 0.6 is 0 Å². The van der Waals surface area contributed by atoms with Gasteiger partial charge in [0.1, 0.15) is 5.75 Å². The standard InChI is InChI=1S/C24H33NO4/c1-7-28-21-11-10-20(15-23(21)27-6)9-8-12-25-24(26)19(5)29-22-14-16(2)13-17(3)18(22)4/h10-11,13-15,19H,7-9,12H2,1-6H3,(H,25,26)/t19-/m0/s1. The third kappa shape index (κ3) is 6.41. The molecule has 0 heterocycles. The molecule has 0 saturated heterocycles. The summed E-state index contributed by atoms with van der Waals surface area (Å²) in [5, 5.41) is 2.96. The Bertz CT molecular complexity index is 832. The van der Waals surface area contributed by atoms with Gasteiger partial charge in [-0.1, -0.05) is 12.1 Å². The van der Waals surface area contributed by atoms with E-state index in [2.05, 4.69) is 18.3 Å². The molecule has 29 heavy (non-hydrogen) atoms. The molecule has 0 saturated carbocycles. The number of ether oxygens (including phenoxy) is 3. The van der Waals surface area contributed by atoms with Crippen molar-refractivity contribution in [1.29, 1.82) is 0 Å². The lowest BCUT2D eigenvalue weighted by Crippen LogP contribution is -2.37. The summed E-state index contributed by atoms with van der Waals surface area (Å²) >= 11 is 0. The highest BCUT2D eigenvalue weighted by atomic mass is 16.5. The Hall–Kier alpha value is -2.69. The number of nitrogens with one attached hydrogen (secondary N) is 1. The van der Waals surface area contributed by atoms with Crippen molar-refractivity contribution in [2.45, 2.75) is 53.6 Å². The van der Waals surface area contributed by atoms with E-state index in [1.54, 1.807) is 14.0 Å². The van der Waals surface area contributed by atoms with Gasteiger partial charge >= 0.3 is 0 Å². The van der Waals surface area contributed by atoms with Gasteiger partial charge in [-0.25, -0.2) is 0 Å². The van der Waals surface area contributed by atoms with Gasteiger partial charge in [-0.05, 0) is 87.9 Å². The van der Waals surface area contributed by atoms with Crippen LogP contribution in [0.4, 0.5) is 0 Å². The van der Waals surface area contributed by atoms with E-state index in [1.807, 2.05) is 45.0 Å². The lowest BCUT2D eigenvalue weighted by Gasteiger charge is -2.18. The molecule has 1 atom stereocenters. The molecule has 0 aromatic heterocycles. The van der Waals surface area contributed by atoms with Crippen LogP contribution in [0.1, 0.15) is 42.5 Å². The minimum absolute atomic E-state index is 0.104. The summed E-state index contributed by atoms with van der Waals surface area (Å²) in [5.74, 6) is 2.15. The number of methoxy groups -OCH3 is 1. The van der Waals surface area contributed by atoms with Crippen LogP contribution in [-0.2, 0) is 11.2 Å². The third-order valence-electron chi connectivity index (χ3n) is 4.91. The summed E-state index contributed by atoms with van der Waals surface area (Å²) < 4.78 is 16.8. The fraction of sp³-hybridized carbons (Fsp3) is 0.458. The largest absolute Gasteiger partial charge is 0.493 e. The predicted molar refractivity (Wildman–Crippen MR) is 116 cm³/mol. The maximum absolute atomic E-state index is 12.4. The summed E-state index contributed by atoms with van der Waals surface area (Å²) in [6, 6.07) is 10.0. The van der Waals surface area contributed by atoms with Gasteiger partial charge in [-0.3, -0.25) is 4.79 Å². The van der Waals surface area contributed by atoms with Gasteiger partial charge in [0.05, 0.1) is 13.7 Å². The van der Waals surface area contributed by atoms with Crippen LogP contribution in [0.3, 0.4) is 0 Å². The van der Waals surface area contributed by atoms with Crippen LogP contribution in [0.25, 0.3) is 0 Å². The first-order valence-corrected chi connectivity index (χ1v) is 10.2. The molecule has 1 N–H and O–H groups in total. The third-order valence-corrected chi connectivity index (χ3v) is 4.91. The molecule has 0 aliphatic carbocycles. The van der Waals surface area contributed by atoms with Crippen LogP contribution in [0, 0.1) is 20.8 Å². The molecule has 2 aromatic carbocycles. The highest BCUT2D eigenvalue weighted by molar-refractivity contribution is 5.80. The fourth-order valence-electron chi connectivity index (χ4n) is 3.16. The topological polar surface area (TPSA) is 56.8 Å². The Kier molecular flexibility index (Phi) is 8.37. The van der Waals surface area contributed by atoms with Crippen molar-refractivity contribution in [2.75, 3.05) is 20.3 Å². The maximum atomic E-state index is 12.4. The van der Waals surface area contributed by atoms with E-state index < -0.39 is 6.10 Å². The lowest BCUT2D eigenvalue weighted by atomic mass is 10.1. The molecule has 0 unspecified atom stereocenters. The molecular formula is C24H33NO4. The zero-order valence-corrected chi connectivity index (χ0v) is 18.4. The van der Waals surface area contributed by atoms with Crippen molar-refractivity contribution < 1.29 is 19.0 Å². The number of carbonyl (C=O) groups is 1. The Morgan fingerprint density at radius 3 is 2.52 bits per heavy atom. The molecule has 0 aliphatic heterocycles. The monoisotopic (exact) mass is 399 g/mol. The number of aryl methyl sites for hydroxylation is 3. The van der Waals surface area contributed by atoms with E-state index >= 15 is 0 Å². The zero-order chi connectivity index (χ0) is 21.4. The summed E-state index contributed by atoms with van der Waals surface area (Å²) in [4.78, 5) is 12.4. The van der Waals surface area contributed by atoms with Crippen LogP contribution < -0.4 is 19.5 Å². The van der Waals surface area contributed by atoms with Crippen LogP contribution in [0.2, 0.25) is 0 Å². The first kappa shape index (κ1) is 22.6. The number of hydrogen-bond donors (Lipinski definition) is 1.